The first-order valence-electron chi connectivity index (χ1n) is 12.6. The summed E-state index contributed by atoms with van der Waals surface area (Å²) in [6.45, 7) is 10.2. The molecule has 3 rings (SSSR count). The maximum atomic E-state index is 13.4. The molecule has 1 aromatic heterocycles. The zero-order valence-electron chi connectivity index (χ0n) is 21.2. The van der Waals surface area contributed by atoms with Gasteiger partial charge in [-0.1, -0.05) is 77.8 Å². The highest BCUT2D eigenvalue weighted by Gasteiger charge is 2.36. The van der Waals surface area contributed by atoms with Crippen LogP contribution in [0.25, 0.3) is 0 Å². The standard InChI is InChI=1S/C28H39N3O3/c1-6-9-15-21(26(33)30-20(8-3)18-13-11-10-12-14-18)31-27(34)25-19(7-2)24-22(29-25)16-28(4,5)17-23(24)32/h10-14,20-21,29H,6-9,15-17H2,1-5H3,(H,30,33)(H,31,34)/t20-,21-/m0/s1. The minimum absolute atomic E-state index is 0.0901. The Morgan fingerprint density at radius 2 is 1.76 bits per heavy atom. The lowest BCUT2D eigenvalue weighted by molar-refractivity contribution is -0.124. The summed E-state index contributed by atoms with van der Waals surface area (Å²) in [5, 5.41) is 6.10. The Kier molecular flexibility index (Phi) is 8.34. The smallest absolute Gasteiger partial charge is 0.268 e. The number of nitrogens with one attached hydrogen (secondary N) is 3. The van der Waals surface area contributed by atoms with Gasteiger partial charge in [-0.05, 0) is 42.2 Å². The molecule has 0 spiro atoms. The number of unbranched alkanes of at least 4 members (excludes halogenated alkanes) is 1. The van der Waals surface area contributed by atoms with Gasteiger partial charge in [0.15, 0.2) is 5.78 Å². The third-order valence-corrected chi connectivity index (χ3v) is 6.73. The quantitative estimate of drug-likeness (QED) is 0.445. The Bertz CT molecular complexity index is 1020. The van der Waals surface area contributed by atoms with E-state index in [4.69, 9.17) is 0 Å². The van der Waals surface area contributed by atoms with Crippen LogP contribution in [0.3, 0.4) is 0 Å². The lowest BCUT2D eigenvalue weighted by atomic mass is 9.75. The van der Waals surface area contributed by atoms with Gasteiger partial charge in [0.2, 0.25) is 5.91 Å². The van der Waals surface area contributed by atoms with E-state index in [0.717, 1.165) is 42.5 Å². The molecule has 0 aliphatic heterocycles. The summed E-state index contributed by atoms with van der Waals surface area (Å²) >= 11 is 0. The van der Waals surface area contributed by atoms with Crippen molar-refractivity contribution in [3.05, 3.63) is 58.4 Å². The number of benzene rings is 1. The predicted molar refractivity (Wildman–Crippen MR) is 135 cm³/mol. The molecule has 1 heterocycles. The molecule has 34 heavy (non-hydrogen) atoms. The van der Waals surface area contributed by atoms with Crippen LogP contribution in [0.4, 0.5) is 0 Å². The second-order valence-corrected chi connectivity index (χ2v) is 10.2. The summed E-state index contributed by atoms with van der Waals surface area (Å²) in [4.78, 5) is 42.7. The summed E-state index contributed by atoms with van der Waals surface area (Å²) < 4.78 is 0. The van der Waals surface area contributed by atoms with E-state index in [9.17, 15) is 14.4 Å². The van der Waals surface area contributed by atoms with Gasteiger partial charge in [0, 0.05) is 17.7 Å². The first-order chi connectivity index (χ1) is 16.2. The van der Waals surface area contributed by atoms with E-state index in [0.29, 0.717) is 30.5 Å². The average Bonchev–Trinajstić information content (AvgIpc) is 3.18. The molecule has 2 amide bonds. The number of fused-ring (bicyclic) bond motifs is 1. The number of ketones is 1. The first-order valence-corrected chi connectivity index (χ1v) is 12.6. The fourth-order valence-corrected chi connectivity index (χ4v) is 4.96. The molecule has 0 saturated carbocycles. The van der Waals surface area contributed by atoms with E-state index in [1.165, 1.54) is 0 Å². The molecule has 0 bridgehead atoms. The van der Waals surface area contributed by atoms with Crippen LogP contribution < -0.4 is 10.6 Å². The van der Waals surface area contributed by atoms with E-state index in [-0.39, 0.29) is 29.1 Å². The van der Waals surface area contributed by atoms with Crippen LogP contribution in [0.5, 0.6) is 0 Å². The highest BCUT2D eigenvalue weighted by atomic mass is 16.2. The van der Waals surface area contributed by atoms with Crippen LogP contribution in [0.1, 0.15) is 110 Å². The molecular weight excluding hydrogens is 426 g/mol. The van der Waals surface area contributed by atoms with Gasteiger partial charge in [-0.3, -0.25) is 14.4 Å². The van der Waals surface area contributed by atoms with Crippen molar-refractivity contribution in [2.45, 2.75) is 91.6 Å². The number of hydrogen-bond acceptors (Lipinski definition) is 3. The van der Waals surface area contributed by atoms with Crippen molar-refractivity contribution >= 4 is 17.6 Å². The summed E-state index contributed by atoms with van der Waals surface area (Å²) in [6, 6.07) is 9.13. The Balaban J connectivity index is 1.82. The van der Waals surface area contributed by atoms with Crippen molar-refractivity contribution in [3.8, 4) is 0 Å². The van der Waals surface area contributed by atoms with Crippen molar-refractivity contribution in [1.29, 1.82) is 0 Å². The number of aromatic amines is 1. The summed E-state index contributed by atoms with van der Waals surface area (Å²) in [7, 11) is 0. The topological polar surface area (TPSA) is 91.1 Å². The van der Waals surface area contributed by atoms with Crippen LogP contribution in [0.15, 0.2) is 30.3 Å². The van der Waals surface area contributed by atoms with Gasteiger partial charge >= 0.3 is 0 Å². The molecule has 6 nitrogen and oxygen atoms in total. The number of Topliss-reactive ketones (excluding diaryl/α,β-unsaturated/α-hetero) is 1. The van der Waals surface area contributed by atoms with Gasteiger partial charge < -0.3 is 15.6 Å². The average molecular weight is 466 g/mol. The lowest BCUT2D eigenvalue weighted by Crippen LogP contribution is -2.47. The highest BCUT2D eigenvalue weighted by Crippen LogP contribution is 2.37. The van der Waals surface area contributed by atoms with Gasteiger partial charge in [0.05, 0.1) is 6.04 Å². The van der Waals surface area contributed by atoms with Crippen LogP contribution in [-0.4, -0.2) is 28.6 Å². The fourth-order valence-electron chi connectivity index (χ4n) is 4.96. The zero-order valence-corrected chi connectivity index (χ0v) is 21.2. The van der Waals surface area contributed by atoms with E-state index < -0.39 is 6.04 Å². The fraction of sp³-hybridized carbons (Fsp3) is 0.536. The molecule has 3 N–H and O–H groups in total. The summed E-state index contributed by atoms with van der Waals surface area (Å²) in [5.41, 5.74) is 3.61. The number of carbonyl (C=O) groups is 3. The van der Waals surface area contributed by atoms with Gasteiger partial charge in [-0.2, -0.15) is 0 Å². The lowest BCUT2D eigenvalue weighted by Gasteiger charge is -2.28. The van der Waals surface area contributed by atoms with Gasteiger partial charge in [0.25, 0.3) is 5.91 Å². The van der Waals surface area contributed by atoms with Crippen molar-refractivity contribution in [3.63, 3.8) is 0 Å². The second-order valence-electron chi connectivity index (χ2n) is 10.2. The number of carbonyl (C=O) groups excluding carboxylic acids is 3. The van der Waals surface area contributed by atoms with E-state index in [2.05, 4.69) is 36.4 Å². The van der Waals surface area contributed by atoms with Crippen molar-refractivity contribution in [2.24, 2.45) is 5.41 Å². The largest absolute Gasteiger partial charge is 0.354 e. The molecule has 0 radical (unpaired) electrons. The number of H-pyrrole nitrogens is 1. The Labute approximate surface area is 203 Å². The van der Waals surface area contributed by atoms with Gasteiger partial charge in [-0.15, -0.1) is 0 Å². The van der Waals surface area contributed by atoms with Crippen LogP contribution >= 0.6 is 0 Å². The first kappa shape index (κ1) is 25.7. The van der Waals surface area contributed by atoms with Crippen molar-refractivity contribution in [2.75, 3.05) is 0 Å². The Hall–Kier alpha value is -2.89. The van der Waals surface area contributed by atoms with Crippen LogP contribution in [0.2, 0.25) is 0 Å². The normalized spacial score (nSPS) is 16.4. The zero-order chi connectivity index (χ0) is 24.9. The molecular formula is C28H39N3O3. The molecule has 1 aliphatic rings. The Morgan fingerprint density at radius 3 is 2.38 bits per heavy atom. The van der Waals surface area contributed by atoms with E-state index >= 15 is 0 Å². The second kappa shape index (κ2) is 11.0. The highest BCUT2D eigenvalue weighted by molar-refractivity contribution is 6.05. The molecule has 2 aromatic rings. The van der Waals surface area contributed by atoms with Crippen LogP contribution in [-0.2, 0) is 17.6 Å². The van der Waals surface area contributed by atoms with E-state index in [1.807, 2.05) is 44.2 Å². The van der Waals surface area contributed by atoms with Gasteiger partial charge in [-0.25, -0.2) is 0 Å². The Morgan fingerprint density at radius 1 is 1.06 bits per heavy atom. The minimum Gasteiger partial charge on any atom is -0.354 e. The van der Waals surface area contributed by atoms with Crippen LogP contribution in [0, 0.1) is 5.41 Å². The molecule has 1 aliphatic carbocycles. The minimum atomic E-state index is -0.637. The number of amides is 2. The van der Waals surface area contributed by atoms with Crippen molar-refractivity contribution < 1.29 is 14.4 Å². The molecule has 184 valence electrons. The van der Waals surface area contributed by atoms with Gasteiger partial charge in [0.1, 0.15) is 11.7 Å². The monoisotopic (exact) mass is 465 g/mol. The maximum absolute atomic E-state index is 13.4. The molecule has 1 aromatic carbocycles. The third-order valence-electron chi connectivity index (χ3n) is 6.73. The summed E-state index contributed by atoms with van der Waals surface area (Å²) in [6.07, 6.45) is 4.86. The molecule has 0 unspecified atom stereocenters. The van der Waals surface area contributed by atoms with E-state index in [1.54, 1.807) is 0 Å². The summed E-state index contributed by atoms with van der Waals surface area (Å²) in [5.74, 6) is -0.405. The molecule has 6 heteroatoms. The SMILES string of the molecule is CCCC[C@H](NC(=O)c1[nH]c2c(c1CC)C(=O)CC(C)(C)C2)C(=O)N[C@@H](CC)c1ccccc1. The predicted octanol–water partition coefficient (Wildman–Crippen LogP) is 5.29. The number of rotatable bonds is 10. The third kappa shape index (κ3) is 5.78. The molecule has 0 fully saturated rings. The number of aromatic nitrogens is 1. The van der Waals surface area contributed by atoms with Crippen molar-refractivity contribution in [1.82, 2.24) is 15.6 Å². The molecule has 0 saturated heterocycles. The maximum Gasteiger partial charge on any atom is 0.268 e. The molecule has 2 atom stereocenters. The number of hydrogen-bond donors (Lipinski definition) is 3.